The van der Waals surface area contributed by atoms with Gasteiger partial charge in [-0.05, 0) is 19.8 Å². The van der Waals surface area contributed by atoms with Crippen LogP contribution >= 0.6 is 0 Å². The molecule has 0 aromatic rings. The maximum absolute atomic E-state index is 11.1. The summed E-state index contributed by atoms with van der Waals surface area (Å²) in [5.74, 6) is -0.548. The number of esters is 1. The summed E-state index contributed by atoms with van der Waals surface area (Å²) in [6.07, 6.45) is 7.92. The number of aliphatic hydroxyl groups excluding tert-OH is 2. The molecule has 0 saturated heterocycles. The van der Waals surface area contributed by atoms with Crippen molar-refractivity contribution in [2.75, 3.05) is 6.61 Å². The minimum atomic E-state index is -1.05. The molecule has 0 radical (unpaired) electrons. The number of hydrogen-bond donors (Lipinski definition) is 2. The summed E-state index contributed by atoms with van der Waals surface area (Å²) in [6.45, 7) is 1.99. The van der Waals surface area contributed by atoms with Crippen LogP contribution in [0.4, 0.5) is 0 Å². The number of rotatable bonds is 8. The van der Waals surface area contributed by atoms with Crippen molar-refractivity contribution >= 4 is 57.4 Å². The molecular weight excluding hydrogens is 247 g/mol. The second kappa shape index (κ2) is 14.6. The predicted octanol–water partition coefficient (Wildman–Crippen LogP) is 0.884. The zero-order valence-electron chi connectivity index (χ0n) is 9.63. The second-order valence-electron chi connectivity index (χ2n) is 3.35. The van der Waals surface area contributed by atoms with Gasteiger partial charge in [-0.25, -0.2) is 4.79 Å². The number of ether oxygens (including phenoxy) is 1. The summed E-state index contributed by atoms with van der Waals surface area (Å²) in [6, 6.07) is 0. The minimum absolute atomic E-state index is 0. The van der Waals surface area contributed by atoms with E-state index in [1.165, 1.54) is 6.08 Å². The molecule has 0 aliphatic heterocycles. The first kappa shape index (κ1) is 19.8. The fourth-order valence-electron chi connectivity index (χ4n) is 1.09. The van der Waals surface area contributed by atoms with Crippen molar-refractivity contribution in [2.45, 2.75) is 38.9 Å². The van der Waals surface area contributed by atoms with Crippen LogP contribution in [0.3, 0.4) is 0 Å². The van der Waals surface area contributed by atoms with E-state index in [0.717, 1.165) is 12.8 Å². The molecular formula is C12H21KO4. The Balaban J connectivity index is 0. The number of carbonyl (C=O) groups is 1. The summed E-state index contributed by atoms with van der Waals surface area (Å²) in [5.41, 5.74) is 0. The Morgan fingerprint density at radius 1 is 1.29 bits per heavy atom. The van der Waals surface area contributed by atoms with Crippen LogP contribution in [0.2, 0.25) is 0 Å². The van der Waals surface area contributed by atoms with Gasteiger partial charge in [0.1, 0.15) is 0 Å². The number of allylic oxidation sites excluding steroid dienone is 3. The van der Waals surface area contributed by atoms with Crippen LogP contribution in [0.25, 0.3) is 0 Å². The standard InChI is InChI=1S/C12H20O4.K.H/c1-2-3-5-8-11(14)16-12(15)9-6-4-7-10-13;;/h2-3,5,8,12-13,15H,4,6-7,9-10H2,1H3;;/b3-2+,8-5+;;. The third kappa shape index (κ3) is 14.4. The van der Waals surface area contributed by atoms with Gasteiger partial charge in [0.15, 0.2) is 0 Å². The number of hydrogen-bond acceptors (Lipinski definition) is 4. The van der Waals surface area contributed by atoms with Crippen LogP contribution in [0.1, 0.15) is 32.6 Å². The maximum atomic E-state index is 11.1. The molecule has 0 fully saturated rings. The molecule has 1 unspecified atom stereocenters. The van der Waals surface area contributed by atoms with Crippen LogP contribution < -0.4 is 0 Å². The van der Waals surface area contributed by atoms with E-state index in [0.29, 0.717) is 12.8 Å². The van der Waals surface area contributed by atoms with Gasteiger partial charge in [0.2, 0.25) is 6.29 Å². The fourth-order valence-corrected chi connectivity index (χ4v) is 1.09. The third-order valence-corrected chi connectivity index (χ3v) is 1.90. The zero-order valence-corrected chi connectivity index (χ0v) is 9.63. The van der Waals surface area contributed by atoms with E-state index < -0.39 is 12.3 Å². The molecule has 17 heavy (non-hydrogen) atoms. The van der Waals surface area contributed by atoms with Gasteiger partial charge >= 0.3 is 57.4 Å². The summed E-state index contributed by atoms with van der Waals surface area (Å²) >= 11 is 0. The molecule has 0 rings (SSSR count). The van der Waals surface area contributed by atoms with E-state index in [1.807, 2.05) is 6.92 Å². The Morgan fingerprint density at radius 3 is 2.59 bits per heavy atom. The zero-order chi connectivity index (χ0) is 12.2. The van der Waals surface area contributed by atoms with Crippen molar-refractivity contribution in [1.82, 2.24) is 0 Å². The quantitative estimate of drug-likeness (QED) is 0.171. The third-order valence-electron chi connectivity index (χ3n) is 1.90. The van der Waals surface area contributed by atoms with Crippen molar-refractivity contribution in [3.63, 3.8) is 0 Å². The molecule has 0 saturated carbocycles. The summed E-state index contributed by atoms with van der Waals surface area (Å²) < 4.78 is 4.71. The van der Waals surface area contributed by atoms with Crippen molar-refractivity contribution in [3.05, 3.63) is 24.3 Å². The van der Waals surface area contributed by atoms with Gasteiger partial charge in [0, 0.05) is 19.1 Å². The molecule has 2 N–H and O–H groups in total. The summed E-state index contributed by atoms with van der Waals surface area (Å²) in [5, 5.41) is 17.9. The molecule has 0 aliphatic rings. The predicted molar refractivity (Wildman–Crippen MR) is 68.8 cm³/mol. The Hall–Kier alpha value is 0.506. The molecule has 0 heterocycles. The normalized spacial score (nSPS) is 12.6. The van der Waals surface area contributed by atoms with E-state index in [4.69, 9.17) is 9.84 Å². The second-order valence-corrected chi connectivity index (χ2v) is 3.35. The molecule has 0 amide bonds. The van der Waals surface area contributed by atoms with Crippen LogP contribution in [-0.2, 0) is 9.53 Å². The Kier molecular flexibility index (Phi) is 17.0. The van der Waals surface area contributed by atoms with Crippen molar-refractivity contribution < 1.29 is 19.7 Å². The first-order valence-corrected chi connectivity index (χ1v) is 5.49. The van der Waals surface area contributed by atoms with E-state index in [9.17, 15) is 9.90 Å². The van der Waals surface area contributed by atoms with Crippen molar-refractivity contribution in [2.24, 2.45) is 0 Å². The molecule has 4 nitrogen and oxygen atoms in total. The van der Waals surface area contributed by atoms with Gasteiger partial charge < -0.3 is 14.9 Å². The number of aliphatic hydroxyl groups is 2. The van der Waals surface area contributed by atoms with Crippen LogP contribution in [0, 0.1) is 0 Å². The molecule has 0 spiro atoms. The van der Waals surface area contributed by atoms with Crippen molar-refractivity contribution in [1.29, 1.82) is 0 Å². The molecule has 5 heteroatoms. The Bertz CT molecular complexity index is 239. The van der Waals surface area contributed by atoms with Gasteiger partial charge in [-0.1, -0.05) is 24.6 Å². The van der Waals surface area contributed by atoms with Gasteiger partial charge in [-0.15, -0.1) is 0 Å². The Morgan fingerprint density at radius 2 is 2.00 bits per heavy atom. The van der Waals surface area contributed by atoms with Crippen LogP contribution in [0.15, 0.2) is 24.3 Å². The van der Waals surface area contributed by atoms with E-state index in [1.54, 1.807) is 18.2 Å². The number of unbranched alkanes of at least 4 members (excludes halogenated alkanes) is 2. The van der Waals surface area contributed by atoms with Gasteiger partial charge in [0.05, 0.1) is 0 Å². The van der Waals surface area contributed by atoms with Crippen LogP contribution in [-0.4, -0.2) is 80.5 Å². The summed E-state index contributed by atoms with van der Waals surface area (Å²) in [7, 11) is 0. The monoisotopic (exact) mass is 268 g/mol. The average Bonchev–Trinajstić information content (AvgIpc) is 2.25. The van der Waals surface area contributed by atoms with Gasteiger partial charge in [-0.2, -0.15) is 0 Å². The molecule has 0 aliphatic carbocycles. The van der Waals surface area contributed by atoms with Gasteiger partial charge in [-0.3, -0.25) is 0 Å². The fraction of sp³-hybridized carbons (Fsp3) is 0.583. The van der Waals surface area contributed by atoms with Crippen molar-refractivity contribution in [3.8, 4) is 0 Å². The SMILES string of the molecule is C/C=C/C=C/C(=O)OC(O)CCCCCO.[KH]. The first-order valence-electron chi connectivity index (χ1n) is 5.49. The molecule has 1 atom stereocenters. The Labute approximate surface area is 145 Å². The van der Waals surface area contributed by atoms with E-state index in [-0.39, 0.29) is 58.0 Å². The molecule has 0 bridgehead atoms. The molecule has 0 aromatic heterocycles. The van der Waals surface area contributed by atoms with Gasteiger partial charge in [0.25, 0.3) is 0 Å². The molecule has 94 valence electrons. The summed E-state index contributed by atoms with van der Waals surface area (Å²) in [4.78, 5) is 11.1. The first-order chi connectivity index (χ1) is 7.70. The van der Waals surface area contributed by atoms with E-state index >= 15 is 0 Å². The molecule has 0 aromatic carbocycles. The number of carbonyl (C=O) groups excluding carboxylic acids is 1. The van der Waals surface area contributed by atoms with Crippen LogP contribution in [0.5, 0.6) is 0 Å². The topological polar surface area (TPSA) is 66.8 Å². The van der Waals surface area contributed by atoms with E-state index in [2.05, 4.69) is 0 Å². The average molecular weight is 268 g/mol.